The van der Waals surface area contributed by atoms with E-state index >= 15 is 0 Å². The van der Waals surface area contributed by atoms with Crippen LogP contribution >= 0.6 is 0 Å². The van der Waals surface area contributed by atoms with Gasteiger partial charge in [0.2, 0.25) is 0 Å². The molecular weight excluding hydrogens is 298 g/mol. The Hall–Kier alpha value is -0.940. The van der Waals surface area contributed by atoms with E-state index in [2.05, 4.69) is 60.5 Å². The predicted molar refractivity (Wildman–Crippen MR) is 99.1 cm³/mol. The summed E-state index contributed by atoms with van der Waals surface area (Å²) in [6, 6.07) is 9.50. The van der Waals surface area contributed by atoms with Crippen molar-refractivity contribution in [2.75, 3.05) is 40.8 Å². The number of hydrogen-bond donors (Lipinski definition) is 1. The molecule has 4 heteroatoms. The standard InChI is InChI=1S/C20H33N3O/c1-22(2)15-17-6-4-5-7-18(17)16-23(3)19-8-13-24-20(14-19)9-11-21-12-10-20/h4-7,19,21H,8-16H2,1-3H3. The number of piperidine rings is 1. The van der Waals surface area contributed by atoms with Crippen LogP contribution in [0.15, 0.2) is 24.3 Å². The highest BCUT2D eigenvalue weighted by Crippen LogP contribution is 2.35. The lowest BCUT2D eigenvalue weighted by molar-refractivity contribution is -0.119. The number of benzene rings is 1. The summed E-state index contributed by atoms with van der Waals surface area (Å²) in [5.74, 6) is 0. The fraction of sp³-hybridized carbons (Fsp3) is 0.700. The summed E-state index contributed by atoms with van der Waals surface area (Å²) in [6.07, 6.45) is 4.66. The highest BCUT2D eigenvalue weighted by atomic mass is 16.5. The first-order valence-corrected chi connectivity index (χ1v) is 9.34. The molecule has 1 aromatic carbocycles. The molecule has 0 bridgehead atoms. The predicted octanol–water partition coefficient (Wildman–Crippen LogP) is 2.48. The number of hydrogen-bond acceptors (Lipinski definition) is 4. The largest absolute Gasteiger partial charge is 0.375 e. The van der Waals surface area contributed by atoms with Crippen molar-refractivity contribution in [3.8, 4) is 0 Å². The second-order valence-electron chi connectivity index (χ2n) is 7.85. The van der Waals surface area contributed by atoms with E-state index in [1.54, 1.807) is 0 Å². The molecule has 2 aliphatic rings. The lowest BCUT2D eigenvalue weighted by atomic mass is 9.82. The summed E-state index contributed by atoms with van der Waals surface area (Å²) >= 11 is 0. The molecule has 1 aromatic rings. The van der Waals surface area contributed by atoms with Crippen LogP contribution in [0.1, 0.15) is 36.8 Å². The molecule has 1 N–H and O–H groups in total. The number of nitrogens with zero attached hydrogens (tertiary/aromatic N) is 2. The van der Waals surface area contributed by atoms with Crippen LogP contribution in [0.5, 0.6) is 0 Å². The van der Waals surface area contributed by atoms with Crippen LogP contribution in [0.4, 0.5) is 0 Å². The van der Waals surface area contributed by atoms with Gasteiger partial charge in [-0.15, -0.1) is 0 Å². The molecule has 1 spiro atoms. The van der Waals surface area contributed by atoms with E-state index in [-0.39, 0.29) is 5.60 Å². The van der Waals surface area contributed by atoms with Crippen LogP contribution in [0.25, 0.3) is 0 Å². The minimum atomic E-state index is 0.131. The molecule has 0 radical (unpaired) electrons. The molecule has 24 heavy (non-hydrogen) atoms. The third-order valence-electron chi connectivity index (χ3n) is 5.63. The van der Waals surface area contributed by atoms with Gasteiger partial charge in [-0.05, 0) is 71.0 Å². The Balaban J connectivity index is 1.65. The molecule has 0 aromatic heterocycles. The van der Waals surface area contributed by atoms with Gasteiger partial charge in [0.1, 0.15) is 0 Å². The van der Waals surface area contributed by atoms with E-state index in [0.717, 1.165) is 52.0 Å². The van der Waals surface area contributed by atoms with Crippen molar-refractivity contribution < 1.29 is 4.74 Å². The second kappa shape index (κ2) is 7.96. The maximum atomic E-state index is 6.24. The summed E-state index contributed by atoms with van der Waals surface area (Å²) in [4.78, 5) is 4.80. The number of nitrogens with one attached hydrogen (secondary N) is 1. The number of ether oxygens (including phenoxy) is 1. The van der Waals surface area contributed by atoms with Crippen LogP contribution in [0.3, 0.4) is 0 Å². The van der Waals surface area contributed by atoms with E-state index < -0.39 is 0 Å². The normalized spacial score (nSPS) is 24.0. The van der Waals surface area contributed by atoms with Crippen LogP contribution < -0.4 is 5.32 Å². The van der Waals surface area contributed by atoms with Crippen molar-refractivity contribution in [1.29, 1.82) is 0 Å². The van der Waals surface area contributed by atoms with Gasteiger partial charge in [0.25, 0.3) is 0 Å². The average molecular weight is 332 g/mol. The van der Waals surface area contributed by atoms with Crippen molar-refractivity contribution in [2.45, 2.75) is 50.4 Å². The Labute approximate surface area is 147 Å². The first-order chi connectivity index (χ1) is 11.6. The zero-order chi connectivity index (χ0) is 17.0. The topological polar surface area (TPSA) is 27.7 Å². The average Bonchev–Trinajstić information content (AvgIpc) is 2.57. The molecule has 2 fully saturated rings. The molecule has 3 rings (SSSR count). The highest BCUT2D eigenvalue weighted by molar-refractivity contribution is 5.27. The maximum Gasteiger partial charge on any atom is 0.0721 e. The monoisotopic (exact) mass is 331 g/mol. The Kier molecular flexibility index (Phi) is 5.93. The Bertz CT molecular complexity index is 520. The van der Waals surface area contributed by atoms with Gasteiger partial charge in [-0.1, -0.05) is 24.3 Å². The summed E-state index contributed by atoms with van der Waals surface area (Å²) in [5, 5.41) is 3.47. The van der Waals surface area contributed by atoms with Crippen molar-refractivity contribution in [1.82, 2.24) is 15.1 Å². The summed E-state index contributed by atoms with van der Waals surface area (Å²) in [7, 11) is 6.57. The van der Waals surface area contributed by atoms with Gasteiger partial charge < -0.3 is 15.0 Å². The second-order valence-corrected chi connectivity index (χ2v) is 7.85. The van der Waals surface area contributed by atoms with Gasteiger partial charge in [-0.2, -0.15) is 0 Å². The minimum Gasteiger partial charge on any atom is -0.375 e. The van der Waals surface area contributed by atoms with E-state index in [1.165, 1.54) is 17.5 Å². The Morgan fingerprint density at radius 2 is 1.75 bits per heavy atom. The van der Waals surface area contributed by atoms with E-state index in [4.69, 9.17) is 4.74 Å². The van der Waals surface area contributed by atoms with Gasteiger partial charge in [0.05, 0.1) is 5.60 Å². The summed E-state index contributed by atoms with van der Waals surface area (Å²) in [5.41, 5.74) is 3.03. The van der Waals surface area contributed by atoms with Crippen molar-refractivity contribution >= 4 is 0 Å². The Morgan fingerprint density at radius 3 is 2.42 bits per heavy atom. The third-order valence-corrected chi connectivity index (χ3v) is 5.63. The van der Waals surface area contributed by atoms with Crippen molar-refractivity contribution in [2.24, 2.45) is 0 Å². The first kappa shape index (κ1) is 17.9. The van der Waals surface area contributed by atoms with Crippen LogP contribution in [0.2, 0.25) is 0 Å². The lowest BCUT2D eigenvalue weighted by Gasteiger charge is -2.46. The van der Waals surface area contributed by atoms with Gasteiger partial charge in [0, 0.05) is 25.7 Å². The molecule has 2 heterocycles. The molecule has 134 valence electrons. The quantitative estimate of drug-likeness (QED) is 0.897. The smallest absolute Gasteiger partial charge is 0.0721 e. The molecule has 4 nitrogen and oxygen atoms in total. The molecule has 0 aliphatic carbocycles. The molecular formula is C20H33N3O. The molecule has 1 unspecified atom stereocenters. The van der Waals surface area contributed by atoms with E-state index in [9.17, 15) is 0 Å². The van der Waals surface area contributed by atoms with Gasteiger partial charge in [-0.3, -0.25) is 4.90 Å². The van der Waals surface area contributed by atoms with Gasteiger partial charge in [-0.25, -0.2) is 0 Å². The minimum absolute atomic E-state index is 0.131. The molecule has 0 saturated carbocycles. The fourth-order valence-corrected chi connectivity index (χ4v) is 4.21. The van der Waals surface area contributed by atoms with E-state index in [1.807, 2.05) is 0 Å². The number of rotatable bonds is 5. The zero-order valence-electron chi connectivity index (χ0n) is 15.6. The summed E-state index contributed by atoms with van der Waals surface area (Å²) < 4.78 is 6.24. The molecule has 2 aliphatic heterocycles. The fourth-order valence-electron chi connectivity index (χ4n) is 4.21. The van der Waals surface area contributed by atoms with Gasteiger partial charge in [0.15, 0.2) is 0 Å². The third kappa shape index (κ3) is 4.37. The molecule has 2 saturated heterocycles. The van der Waals surface area contributed by atoms with Crippen LogP contribution in [-0.4, -0.2) is 62.3 Å². The van der Waals surface area contributed by atoms with Crippen LogP contribution in [-0.2, 0) is 17.8 Å². The highest BCUT2D eigenvalue weighted by Gasteiger charge is 2.39. The lowest BCUT2D eigenvalue weighted by Crippen LogP contribution is -2.52. The SMILES string of the molecule is CN(C)Cc1ccccc1CN(C)C1CCOC2(CCNCC2)C1. The first-order valence-electron chi connectivity index (χ1n) is 9.34. The zero-order valence-corrected chi connectivity index (χ0v) is 15.6. The van der Waals surface area contributed by atoms with Crippen molar-refractivity contribution in [3.63, 3.8) is 0 Å². The maximum absolute atomic E-state index is 6.24. The van der Waals surface area contributed by atoms with Crippen LogP contribution in [0, 0.1) is 0 Å². The van der Waals surface area contributed by atoms with Gasteiger partial charge >= 0.3 is 0 Å². The Morgan fingerprint density at radius 1 is 1.08 bits per heavy atom. The molecule has 1 atom stereocenters. The summed E-state index contributed by atoms with van der Waals surface area (Å²) in [6.45, 7) is 5.15. The van der Waals surface area contributed by atoms with Crippen molar-refractivity contribution in [3.05, 3.63) is 35.4 Å². The van der Waals surface area contributed by atoms with E-state index in [0.29, 0.717) is 6.04 Å². The molecule has 0 amide bonds.